The number of aromatic nitrogens is 2. The van der Waals surface area contributed by atoms with Crippen molar-refractivity contribution in [2.45, 2.75) is 56.8 Å². The van der Waals surface area contributed by atoms with Crippen LogP contribution in [0, 0.1) is 5.92 Å². The van der Waals surface area contributed by atoms with Gasteiger partial charge in [0, 0.05) is 17.5 Å². The lowest BCUT2D eigenvalue weighted by atomic mass is 9.72. The minimum atomic E-state index is 0.302. The molecule has 1 saturated heterocycles. The molecule has 1 spiro atoms. The maximum absolute atomic E-state index is 6.04. The normalized spacial score (nSPS) is 26.3. The van der Waals surface area contributed by atoms with Crippen molar-refractivity contribution in [3.63, 3.8) is 0 Å². The van der Waals surface area contributed by atoms with Crippen LogP contribution in [0.2, 0.25) is 0 Å². The van der Waals surface area contributed by atoms with Gasteiger partial charge in [0.05, 0.1) is 5.69 Å². The molecule has 0 bridgehead atoms. The van der Waals surface area contributed by atoms with Crippen molar-refractivity contribution >= 4 is 11.8 Å². The van der Waals surface area contributed by atoms with E-state index in [1.54, 1.807) is 0 Å². The smallest absolute Gasteiger partial charge is 0.222 e. The van der Waals surface area contributed by atoms with Gasteiger partial charge in [-0.1, -0.05) is 12.8 Å². The van der Waals surface area contributed by atoms with E-state index in [0.717, 1.165) is 31.9 Å². The molecule has 120 valence electrons. The molecule has 1 aliphatic heterocycles. The van der Waals surface area contributed by atoms with Gasteiger partial charge in [-0.05, 0) is 57.5 Å². The first-order chi connectivity index (χ1) is 10.8. The summed E-state index contributed by atoms with van der Waals surface area (Å²) in [5.41, 5.74) is 8.97. The molecule has 0 aromatic carbocycles. The van der Waals surface area contributed by atoms with E-state index >= 15 is 0 Å². The summed E-state index contributed by atoms with van der Waals surface area (Å²) in [6.07, 6.45) is 10.1. The molecule has 2 heterocycles. The summed E-state index contributed by atoms with van der Waals surface area (Å²) in [5, 5.41) is 7.02. The Morgan fingerprint density at radius 3 is 2.77 bits per heavy atom. The van der Waals surface area contributed by atoms with E-state index < -0.39 is 0 Å². The van der Waals surface area contributed by atoms with Crippen LogP contribution < -0.4 is 16.4 Å². The summed E-state index contributed by atoms with van der Waals surface area (Å²) in [6.45, 7) is 3.24. The molecule has 22 heavy (non-hydrogen) atoms. The third-order valence-electron chi connectivity index (χ3n) is 5.89. The Kier molecular flexibility index (Phi) is 3.68. The maximum Gasteiger partial charge on any atom is 0.222 e. The van der Waals surface area contributed by atoms with Crippen LogP contribution in [0.25, 0.3) is 0 Å². The highest BCUT2D eigenvalue weighted by Crippen LogP contribution is 2.49. The Hall–Kier alpha value is -1.36. The maximum atomic E-state index is 6.04. The van der Waals surface area contributed by atoms with Crippen molar-refractivity contribution in [1.82, 2.24) is 15.3 Å². The summed E-state index contributed by atoms with van der Waals surface area (Å²) >= 11 is 0. The predicted molar refractivity (Wildman–Crippen MR) is 89.0 cm³/mol. The largest absolute Gasteiger partial charge is 0.369 e. The van der Waals surface area contributed by atoms with Crippen molar-refractivity contribution < 1.29 is 0 Å². The summed E-state index contributed by atoms with van der Waals surface area (Å²) in [6, 6.07) is 0. The highest BCUT2D eigenvalue weighted by molar-refractivity contribution is 5.53. The first kappa shape index (κ1) is 14.2. The molecule has 1 atom stereocenters. The number of rotatable bonds is 3. The van der Waals surface area contributed by atoms with Crippen molar-refractivity contribution in [2.24, 2.45) is 5.92 Å². The van der Waals surface area contributed by atoms with E-state index in [2.05, 4.69) is 15.6 Å². The third-order valence-corrected chi connectivity index (χ3v) is 5.89. The van der Waals surface area contributed by atoms with Gasteiger partial charge in [0.15, 0.2) is 0 Å². The second-order valence-electron chi connectivity index (χ2n) is 7.34. The van der Waals surface area contributed by atoms with E-state index in [0.29, 0.717) is 17.3 Å². The molecule has 2 aliphatic carbocycles. The molecular weight excluding hydrogens is 274 g/mol. The van der Waals surface area contributed by atoms with Crippen molar-refractivity contribution in [3.05, 3.63) is 11.3 Å². The number of fused-ring (bicyclic) bond motifs is 2. The van der Waals surface area contributed by atoms with Gasteiger partial charge in [0.25, 0.3) is 0 Å². The van der Waals surface area contributed by atoms with E-state index in [9.17, 15) is 0 Å². The molecule has 0 radical (unpaired) electrons. The molecule has 5 heteroatoms. The van der Waals surface area contributed by atoms with Crippen LogP contribution in [0.4, 0.5) is 11.8 Å². The molecule has 1 aromatic heterocycles. The van der Waals surface area contributed by atoms with Crippen LogP contribution in [0.15, 0.2) is 0 Å². The highest BCUT2D eigenvalue weighted by atomic mass is 15.1. The molecule has 4 N–H and O–H groups in total. The van der Waals surface area contributed by atoms with E-state index in [1.807, 2.05) is 0 Å². The molecular formula is C17H27N5. The highest BCUT2D eigenvalue weighted by Gasteiger charge is 2.41. The lowest BCUT2D eigenvalue weighted by Crippen LogP contribution is -2.31. The third kappa shape index (κ3) is 2.45. The molecule has 0 amide bonds. The lowest BCUT2D eigenvalue weighted by molar-refractivity contribution is 0.358. The predicted octanol–water partition coefficient (Wildman–Crippen LogP) is 2.23. The van der Waals surface area contributed by atoms with Crippen LogP contribution in [0.5, 0.6) is 0 Å². The number of nitrogens with zero attached hydrogens (tertiary/aromatic N) is 2. The fourth-order valence-electron chi connectivity index (χ4n) is 4.71. The molecule has 4 rings (SSSR count). The van der Waals surface area contributed by atoms with Gasteiger partial charge in [0.2, 0.25) is 5.95 Å². The van der Waals surface area contributed by atoms with Gasteiger partial charge < -0.3 is 16.4 Å². The Balaban J connectivity index is 1.63. The summed E-state index contributed by atoms with van der Waals surface area (Å²) in [7, 11) is 0. The fourth-order valence-corrected chi connectivity index (χ4v) is 4.71. The quantitative estimate of drug-likeness (QED) is 0.798. The Labute approximate surface area is 132 Å². The zero-order chi connectivity index (χ0) is 15.0. The second kappa shape index (κ2) is 5.69. The lowest BCUT2D eigenvalue weighted by Gasteiger charge is -2.35. The van der Waals surface area contributed by atoms with E-state index in [1.165, 1.54) is 56.2 Å². The minimum absolute atomic E-state index is 0.302. The zero-order valence-corrected chi connectivity index (χ0v) is 13.3. The summed E-state index contributed by atoms with van der Waals surface area (Å²) in [4.78, 5) is 9.24. The van der Waals surface area contributed by atoms with E-state index in [-0.39, 0.29) is 0 Å². The van der Waals surface area contributed by atoms with E-state index in [4.69, 9.17) is 10.7 Å². The SMILES string of the molecule is Nc1nc(NCC2CCNC2)c2c(n1)C1(CCCC1)CCC2. The van der Waals surface area contributed by atoms with Crippen molar-refractivity contribution in [1.29, 1.82) is 0 Å². The van der Waals surface area contributed by atoms with Crippen LogP contribution in [-0.4, -0.2) is 29.6 Å². The van der Waals surface area contributed by atoms with Gasteiger partial charge >= 0.3 is 0 Å². The minimum Gasteiger partial charge on any atom is -0.369 e. The molecule has 3 aliphatic rings. The Morgan fingerprint density at radius 1 is 1.18 bits per heavy atom. The van der Waals surface area contributed by atoms with Gasteiger partial charge in [-0.3, -0.25) is 0 Å². The summed E-state index contributed by atoms with van der Waals surface area (Å²) < 4.78 is 0. The van der Waals surface area contributed by atoms with Gasteiger partial charge in [-0.25, -0.2) is 4.98 Å². The average Bonchev–Trinajstić information content (AvgIpc) is 3.18. The average molecular weight is 301 g/mol. The number of anilines is 2. The standard InChI is InChI=1S/C17H27N5/c18-16-21-14-13(4-3-8-17(14)6-1-2-7-17)15(22-16)20-11-12-5-9-19-10-12/h12,19H,1-11H2,(H3,18,20,21,22). The first-order valence-corrected chi connectivity index (χ1v) is 8.88. The molecule has 1 aromatic rings. The molecule has 1 unspecified atom stereocenters. The zero-order valence-electron chi connectivity index (χ0n) is 13.3. The van der Waals surface area contributed by atoms with Gasteiger partial charge in [-0.15, -0.1) is 0 Å². The number of nitrogens with one attached hydrogen (secondary N) is 2. The topological polar surface area (TPSA) is 75.9 Å². The van der Waals surface area contributed by atoms with Crippen molar-refractivity contribution in [2.75, 3.05) is 30.7 Å². The fraction of sp³-hybridized carbons (Fsp3) is 0.765. The summed E-state index contributed by atoms with van der Waals surface area (Å²) in [5.74, 6) is 2.16. The van der Waals surface area contributed by atoms with Gasteiger partial charge in [0.1, 0.15) is 5.82 Å². The Bertz CT molecular complexity index is 544. The second-order valence-corrected chi connectivity index (χ2v) is 7.34. The number of nitrogen functional groups attached to an aromatic ring is 1. The van der Waals surface area contributed by atoms with Crippen LogP contribution in [0.3, 0.4) is 0 Å². The van der Waals surface area contributed by atoms with Gasteiger partial charge in [-0.2, -0.15) is 4.98 Å². The molecule has 1 saturated carbocycles. The van der Waals surface area contributed by atoms with Crippen LogP contribution >= 0.6 is 0 Å². The Morgan fingerprint density at radius 2 is 2.00 bits per heavy atom. The number of hydrogen-bond acceptors (Lipinski definition) is 5. The van der Waals surface area contributed by atoms with Crippen LogP contribution in [-0.2, 0) is 11.8 Å². The van der Waals surface area contributed by atoms with Crippen LogP contribution in [0.1, 0.15) is 56.2 Å². The van der Waals surface area contributed by atoms with Crippen molar-refractivity contribution in [3.8, 4) is 0 Å². The first-order valence-electron chi connectivity index (χ1n) is 8.88. The molecule has 2 fully saturated rings. The molecule has 5 nitrogen and oxygen atoms in total. The number of hydrogen-bond donors (Lipinski definition) is 3. The monoisotopic (exact) mass is 301 g/mol. The number of nitrogens with two attached hydrogens (primary N) is 1.